The van der Waals surface area contributed by atoms with Crippen LogP contribution in [0.2, 0.25) is 0 Å². The number of benzene rings is 6. The third kappa shape index (κ3) is 7.08. The molecule has 8 aromatic rings. The number of nitrogens with zero attached hydrogens (tertiary/aromatic N) is 1. The zero-order chi connectivity index (χ0) is 39.4. The van der Waals surface area contributed by atoms with E-state index in [4.69, 9.17) is 14.5 Å². The summed E-state index contributed by atoms with van der Waals surface area (Å²) >= 11 is 3.60. The number of aliphatic hydroxyl groups excluding tert-OH is 1. The summed E-state index contributed by atoms with van der Waals surface area (Å²) in [4.78, 5) is 39.3. The van der Waals surface area contributed by atoms with Gasteiger partial charge in [0.1, 0.15) is 17.5 Å². The molecular weight excluding hydrogens is 782 g/mol. The van der Waals surface area contributed by atoms with E-state index in [1.54, 1.807) is 20.8 Å². The summed E-state index contributed by atoms with van der Waals surface area (Å²) in [6, 6.07) is 35.0. The quantitative estimate of drug-likeness (QED) is 0.0526. The average molecular weight is 823 g/mol. The first-order valence-corrected chi connectivity index (χ1v) is 19.7. The fourth-order valence-electron chi connectivity index (χ4n) is 8.02. The SMILES string of the molecule is CC(C)(C)OC(=O)C[C@H](NC(O)OCC1c2ccccc2-c2ccccc21)C(=O)Nc1ccc2c3ccccc3c3[nH]c(-c4c[nH]c5ccc(Br)cc45)nc3c2c1. The molecule has 1 amide bonds. The van der Waals surface area contributed by atoms with Crippen molar-refractivity contribution in [3.63, 3.8) is 0 Å². The molecule has 2 atom stereocenters. The van der Waals surface area contributed by atoms with Crippen LogP contribution in [0, 0.1) is 0 Å². The van der Waals surface area contributed by atoms with Crippen molar-refractivity contribution >= 4 is 77.0 Å². The molecule has 2 aromatic heterocycles. The van der Waals surface area contributed by atoms with Crippen LogP contribution < -0.4 is 10.6 Å². The maximum atomic E-state index is 14.1. The lowest BCUT2D eigenvalue weighted by Crippen LogP contribution is -2.48. The molecule has 0 saturated carbocycles. The van der Waals surface area contributed by atoms with Crippen LogP contribution in [0.4, 0.5) is 5.69 Å². The monoisotopic (exact) mass is 821 g/mol. The highest BCUT2D eigenvalue weighted by atomic mass is 79.9. The van der Waals surface area contributed by atoms with Crippen molar-refractivity contribution in [3.8, 4) is 22.5 Å². The van der Waals surface area contributed by atoms with Gasteiger partial charge in [-0.25, -0.2) is 4.98 Å². The molecule has 2 heterocycles. The van der Waals surface area contributed by atoms with E-state index in [0.29, 0.717) is 11.5 Å². The highest BCUT2D eigenvalue weighted by Gasteiger charge is 2.31. The van der Waals surface area contributed by atoms with Crippen LogP contribution in [0.25, 0.3) is 66.0 Å². The molecule has 0 bridgehead atoms. The fourth-order valence-corrected chi connectivity index (χ4v) is 8.38. The first kappa shape index (κ1) is 36.8. The largest absolute Gasteiger partial charge is 0.460 e. The van der Waals surface area contributed by atoms with Gasteiger partial charge >= 0.3 is 5.97 Å². The number of carbonyl (C=O) groups excluding carboxylic acids is 2. The summed E-state index contributed by atoms with van der Waals surface area (Å²) < 4.78 is 12.5. The van der Waals surface area contributed by atoms with E-state index in [2.05, 4.69) is 79.0 Å². The lowest BCUT2D eigenvalue weighted by Gasteiger charge is -2.25. The Hall–Kier alpha value is -5.85. The minimum atomic E-state index is -1.56. The fraction of sp³-hybridized carbons (Fsp3) is 0.196. The number of halogens is 1. The van der Waals surface area contributed by atoms with Crippen LogP contribution in [-0.4, -0.2) is 56.6 Å². The van der Waals surface area contributed by atoms with Gasteiger partial charge in [-0.1, -0.05) is 94.8 Å². The Bertz CT molecular complexity index is 2810. The van der Waals surface area contributed by atoms with Gasteiger partial charge in [0.15, 0.2) is 0 Å². The molecule has 0 radical (unpaired) electrons. The molecule has 1 aliphatic rings. The molecule has 0 spiro atoms. The van der Waals surface area contributed by atoms with Crippen molar-refractivity contribution in [2.24, 2.45) is 0 Å². The van der Waals surface area contributed by atoms with Crippen LogP contribution in [0.15, 0.2) is 120 Å². The molecule has 1 aliphatic carbocycles. The number of hydrogen-bond acceptors (Lipinski definition) is 7. The van der Waals surface area contributed by atoms with Gasteiger partial charge in [-0.15, -0.1) is 0 Å². The summed E-state index contributed by atoms with van der Waals surface area (Å²) in [6.07, 6.45) is 0.0509. The molecule has 286 valence electrons. The normalized spacial score (nSPS) is 13.9. The molecule has 0 fully saturated rings. The number of hydrogen-bond donors (Lipinski definition) is 5. The van der Waals surface area contributed by atoms with Gasteiger partial charge < -0.3 is 29.9 Å². The second kappa shape index (κ2) is 14.6. The predicted molar refractivity (Wildman–Crippen MR) is 228 cm³/mol. The lowest BCUT2D eigenvalue weighted by molar-refractivity contribution is -0.159. The number of rotatable bonds is 10. The second-order valence-corrected chi connectivity index (χ2v) is 16.3. The molecule has 11 heteroatoms. The van der Waals surface area contributed by atoms with E-state index in [0.717, 1.165) is 75.8 Å². The number of esters is 1. The number of imidazole rings is 1. The van der Waals surface area contributed by atoms with E-state index in [1.807, 2.05) is 72.9 Å². The Morgan fingerprint density at radius 1 is 0.825 bits per heavy atom. The highest BCUT2D eigenvalue weighted by molar-refractivity contribution is 9.10. The van der Waals surface area contributed by atoms with Crippen molar-refractivity contribution in [2.75, 3.05) is 11.9 Å². The molecule has 0 saturated heterocycles. The van der Waals surface area contributed by atoms with Gasteiger partial charge in [0.2, 0.25) is 12.3 Å². The minimum Gasteiger partial charge on any atom is -0.460 e. The second-order valence-electron chi connectivity index (χ2n) is 15.4. The van der Waals surface area contributed by atoms with Crippen LogP contribution in [0.3, 0.4) is 0 Å². The topological polar surface area (TPSA) is 141 Å². The standard InChI is InChI=1S/C46H40BrN5O5/c1-46(2,3)57-40(53)22-39(50-45(55)56-24-37-30-13-6-4-10-27(30)28-11-5-7-14-31(28)37)44(54)49-26-17-18-32-29-12-8-9-15-33(29)41-42(35(32)21-26)52-43(51-41)36-23-48-38-19-16-25(47)20-34(36)38/h4-21,23,37,39,45,48,50,55H,22,24H2,1-3H3,(H,49,54)(H,51,52)/t39-,45?/m0/s1. The average Bonchev–Trinajstić information content (AvgIpc) is 3.90. The number of aromatic nitrogens is 3. The number of nitrogens with one attached hydrogen (secondary N) is 4. The molecule has 9 rings (SSSR count). The Labute approximate surface area is 336 Å². The minimum absolute atomic E-state index is 0.113. The van der Waals surface area contributed by atoms with Crippen molar-refractivity contribution in [1.82, 2.24) is 20.3 Å². The first-order chi connectivity index (χ1) is 27.5. The Morgan fingerprint density at radius 3 is 2.25 bits per heavy atom. The zero-order valence-corrected chi connectivity index (χ0v) is 33.1. The number of amides is 1. The van der Waals surface area contributed by atoms with Crippen LogP contribution in [0.5, 0.6) is 0 Å². The number of ether oxygens (including phenoxy) is 2. The van der Waals surface area contributed by atoms with E-state index < -0.39 is 29.9 Å². The molecule has 1 unspecified atom stereocenters. The van der Waals surface area contributed by atoms with Gasteiger partial charge in [-0.3, -0.25) is 14.9 Å². The Kier molecular flexibility index (Phi) is 9.41. The predicted octanol–water partition coefficient (Wildman–Crippen LogP) is 9.51. The highest BCUT2D eigenvalue weighted by Crippen LogP contribution is 2.45. The third-order valence-electron chi connectivity index (χ3n) is 10.5. The molecule has 6 aromatic carbocycles. The molecule has 10 nitrogen and oxygen atoms in total. The van der Waals surface area contributed by atoms with Gasteiger partial charge in [-0.05, 0) is 84.1 Å². The van der Waals surface area contributed by atoms with Gasteiger partial charge in [-0.2, -0.15) is 0 Å². The summed E-state index contributed by atoms with van der Waals surface area (Å²) in [6.45, 7) is 5.44. The summed E-state index contributed by atoms with van der Waals surface area (Å²) in [5, 5.41) is 21.9. The summed E-state index contributed by atoms with van der Waals surface area (Å²) in [7, 11) is 0. The van der Waals surface area contributed by atoms with Crippen molar-refractivity contribution < 1.29 is 24.2 Å². The van der Waals surface area contributed by atoms with Crippen molar-refractivity contribution in [3.05, 3.63) is 131 Å². The molecule has 5 N–H and O–H groups in total. The summed E-state index contributed by atoms with van der Waals surface area (Å²) in [5.41, 5.74) is 7.74. The number of aromatic amines is 2. The maximum absolute atomic E-state index is 14.1. The number of aliphatic hydroxyl groups is 1. The number of fused-ring (bicyclic) bond motifs is 10. The summed E-state index contributed by atoms with van der Waals surface area (Å²) in [5.74, 6) is -0.538. The molecule has 57 heavy (non-hydrogen) atoms. The lowest BCUT2D eigenvalue weighted by atomic mass is 9.98. The van der Waals surface area contributed by atoms with E-state index in [1.165, 1.54) is 0 Å². The van der Waals surface area contributed by atoms with Crippen molar-refractivity contribution in [2.45, 2.75) is 51.2 Å². The molecular formula is C46H40BrN5O5. The zero-order valence-electron chi connectivity index (χ0n) is 31.5. The van der Waals surface area contributed by atoms with Crippen molar-refractivity contribution in [1.29, 1.82) is 0 Å². The maximum Gasteiger partial charge on any atom is 0.308 e. The number of H-pyrrole nitrogens is 2. The van der Waals surface area contributed by atoms with Gasteiger partial charge in [0.25, 0.3) is 0 Å². The van der Waals surface area contributed by atoms with Gasteiger partial charge in [0, 0.05) is 49.5 Å². The smallest absolute Gasteiger partial charge is 0.308 e. The molecule has 0 aliphatic heterocycles. The first-order valence-electron chi connectivity index (χ1n) is 18.9. The van der Waals surface area contributed by atoms with E-state index in [9.17, 15) is 14.7 Å². The van der Waals surface area contributed by atoms with Crippen LogP contribution in [0.1, 0.15) is 44.2 Å². The van der Waals surface area contributed by atoms with Crippen LogP contribution in [-0.2, 0) is 19.1 Å². The van der Waals surface area contributed by atoms with Crippen LogP contribution >= 0.6 is 15.9 Å². The van der Waals surface area contributed by atoms with E-state index >= 15 is 0 Å². The van der Waals surface area contributed by atoms with E-state index in [-0.39, 0.29) is 18.9 Å². The third-order valence-corrected chi connectivity index (χ3v) is 11.0. The Morgan fingerprint density at radius 2 is 1.51 bits per heavy atom. The van der Waals surface area contributed by atoms with Gasteiger partial charge in [0.05, 0.1) is 24.1 Å². The number of anilines is 1. The number of carbonyl (C=O) groups is 2. The Balaban J connectivity index is 1.01.